The van der Waals surface area contributed by atoms with Gasteiger partial charge in [0.15, 0.2) is 0 Å². The molecule has 0 amide bonds. The number of piperazine rings is 2. The molecule has 0 bridgehead atoms. The van der Waals surface area contributed by atoms with E-state index in [1.54, 1.807) is 6.33 Å². The van der Waals surface area contributed by atoms with Crippen molar-refractivity contribution in [3.8, 4) is 0 Å². The Morgan fingerprint density at radius 2 is 1.34 bits per heavy atom. The number of hydrogen-bond donors (Lipinski definition) is 0. The molecule has 2 aliphatic rings. The maximum Gasteiger partial charge on any atom is 0.243 e. The van der Waals surface area contributed by atoms with Crippen LogP contribution in [0.25, 0.3) is 0 Å². The highest BCUT2D eigenvalue weighted by Crippen LogP contribution is 2.22. The van der Waals surface area contributed by atoms with E-state index in [-0.39, 0.29) is 4.90 Å². The summed E-state index contributed by atoms with van der Waals surface area (Å²) in [7, 11) is -1.51. The molecule has 2 aliphatic heterocycles. The lowest BCUT2D eigenvalue weighted by Gasteiger charge is -2.36. The highest BCUT2D eigenvalue weighted by molar-refractivity contribution is 7.89. The van der Waals surface area contributed by atoms with Gasteiger partial charge in [0.05, 0.1) is 4.90 Å². The fraction of sp³-hybridized carbons (Fsp3) is 0.474. The number of anilines is 2. The van der Waals surface area contributed by atoms with Crippen molar-refractivity contribution in [3.63, 3.8) is 0 Å². The van der Waals surface area contributed by atoms with E-state index in [2.05, 4.69) is 31.7 Å². The van der Waals surface area contributed by atoms with Crippen LogP contribution in [0.4, 0.5) is 16.0 Å². The van der Waals surface area contributed by atoms with Crippen LogP contribution in [0, 0.1) is 5.82 Å². The maximum atomic E-state index is 13.1. The van der Waals surface area contributed by atoms with Gasteiger partial charge in [-0.3, -0.25) is 0 Å². The molecule has 3 heterocycles. The van der Waals surface area contributed by atoms with Gasteiger partial charge in [-0.15, -0.1) is 0 Å². The highest BCUT2D eigenvalue weighted by Gasteiger charge is 2.29. The molecule has 0 saturated carbocycles. The lowest BCUT2D eigenvalue weighted by Crippen LogP contribution is -2.49. The molecule has 29 heavy (non-hydrogen) atoms. The van der Waals surface area contributed by atoms with Crippen molar-refractivity contribution in [1.29, 1.82) is 0 Å². The predicted octanol–water partition coefficient (Wildman–Crippen LogP) is 0.878. The molecule has 156 valence electrons. The van der Waals surface area contributed by atoms with Gasteiger partial charge < -0.3 is 14.7 Å². The fourth-order valence-corrected chi connectivity index (χ4v) is 5.05. The Labute approximate surface area is 170 Å². The molecule has 2 aromatic rings. The van der Waals surface area contributed by atoms with Crippen molar-refractivity contribution < 1.29 is 12.8 Å². The van der Waals surface area contributed by atoms with Crippen molar-refractivity contribution in [2.45, 2.75) is 4.90 Å². The maximum absolute atomic E-state index is 13.1. The summed E-state index contributed by atoms with van der Waals surface area (Å²) in [4.78, 5) is 15.6. The van der Waals surface area contributed by atoms with E-state index in [1.165, 1.54) is 28.6 Å². The SMILES string of the molecule is CN1CCN(c2cc(N3CCN(S(=O)(=O)c4ccc(F)cc4)CC3)ncn2)CC1. The van der Waals surface area contributed by atoms with Gasteiger partial charge in [0, 0.05) is 58.4 Å². The molecule has 0 atom stereocenters. The summed E-state index contributed by atoms with van der Waals surface area (Å²) in [5.41, 5.74) is 0. The number of nitrogens with zero attached hydrogens (tertiary/aromatic N) is 6. The Balaban J connectivity index is 1.42. The Morgan fingerprint density at radius 3 is 1.90 bits per heavy atom. The molecule has 8 nitrogen and oxygen atoms in total. The first-order valence-corrected chi connectivity index (χ1v) is 11.1. The van der Waals surface area contributed by atoms with Crippen LogP contribution < -0.4 is 9.80 Å². The summed E-state index contributed by atoms with van der Waals surface area (Å²) in [6.45, 7) is 5.64. The topological polar surface area (TPSA) is 72.9 Å². The molecule has 10 heteroatoms. The second kappa shape index (κ2) is 8.21. The summed E-state index contributed by atoms with van der Waals surface area (Å²) in [6.07, 6.45) is 1.57. The number of sulfonamides is 1. The number of aromatic nitrogens is 2. The molecule has 2 saturated heterocycles. The van der Waals surface area contributed by atoms with E-state index in [1.807, 2.05) is 6.07 Å². The molecule has 1 aromatic carbocycles. The van der Waals surface area contributed by atoms with Gasteiger partial charge in [-0.1, -0.05) is 0 Å². The van der Waals surface area contributed by atoms with Gasteiger partial charge in [-0.25, -0.2) is 22.8 Å². The van der Waals surface area contributed by atoms with Gasteiger partial charge in [0.2, 0.25) is 10.0 Å². The van der Waals surface area contributed by atoms with Gasteiger partial charge in [0.25, 0.3) is 0 Å². The van der Waals surface area contributed by atoms with Crippen molar-refractivity contribution in [1.82, 2.24) is 19.2 Å². The minimum absolute atomic E-state index is 0.117. The summed E-state index contributed by atoms with van der Waals surface area (Å²) in [5, 5.41) is 0. The van der Waals surface area contributed by atoms with Gasteiger partial charge >= 0.3 is 0 Å². The zero-order chi connectivity index (χ0) is 20.4. The number of rotatable bonds is 4. The molecule has 0 unspecified atom stereocenters. The predicted molar refractivity (Wildman–Crippen MR) is 109 cm³/mol. The molecule has 4 rings (SSSR count). The minimum atomic E-state index is -3.62. The average molecular weight is 421 g/mol. The minimum Gasteiger partial charge on any atom is -0.354 e. The largest absolute Gasteiger partial charge is 0.354 e. The lowest BCUT2D eigenvalue weighted by atomic mass is 10.3. The van der Waals surface area contributed by atoms with Gasteiger partial charge in [-0.05, 0) is 31.3 Å². The molecule has 2 fully saturated rings. The second-order valence-electron chi connectivity index (χ2n) is 7.37. The number of halogens is 1. The van der Waals surface area contributed by atoms with Crippen LogP contribution in [-0.4, -0.2) is 87.0 Å². The Hall–Kier alpha value is -2.30. The second-order valence-corrected chi connectivity index (χ2v) is 9.31. The van der Waals surface area contributed by atoms with Gasteiger partial charge in [0.1, 0.15) is 23.8 Å². The summed E-state index contributed by atoms with van der Waals surface area (Å²) < 4.78 is 40.1. The van der Waals surface area contributed by atoms with E-state index in [0.29, 0.717) is 26.2 Å². The third kappa shape index (κ3) is 4.34. The zero-order valence-electron chi connectivity index (χ0n) is 16.4. The van der Waals surface area contributed by atoms with Crippen LogP contribution in [-0.2, 0) is 10.0 Å². The average Bonchev–Trinajstić information content (AvgIpc) is 2.75. The first kappa shape index (κ1) is 20.0. The van der Waals surface area contributed by atoms with E-state index >= 15 is 0 Å². The normalized spacial score (nSPS) is 19.5. The Bertz CT molecular complexity index is 939. The quantitative estimate of drug-likeness (QED) is 0.727. The van der Waals surface area contributed by atoms with Crippen LogP contribution in [0.2, 0.25) is 0 Å². The van der Waals surface area contributed by atoms with E-state index in [4.69, 9.17) is 0 Å². The van der Waals surface area contributed by atoms with Crippen LogP contribution in [0.3, 0.4) is 0 Å². The molecule has 0 spiro atoms. The van der Waals surface area contributed by atoms with Crippen molar-refractivity contribution >= 4 is 21.7 Å². The molecule has 0 aliphatic carbocycles. The van der Waals surface area contributed by atoms with Gasteiger partial charge in [-0.2, -0.15) is 4.31 Å². The lowest BCUT2D eigenvalue weighted by molar-refractivity contribution is 0.312. The number of likely N-dealkylation sites (N-methyl/N-ethyl adjacent to an activating group) is 1. The molecule has 1 aromatic heterocycles. The Morgan fingerprint density at radius 1 is 0.828 bits per heavy atom. The highest BCUT2D eigenvalue weighted by atomic mass is 32.2. The van der Waals surface area contributed by atoms with E-state index in [0.717, 1.165) is 37.8 Å². The number of benzene rings is 1. The standard InChI is InChI=1S/C19H25FN6O2S/c1-23-6-8-24(9-7-23)18-14-19(22-15-21-18)25-10-12-26(13-11-25)29(27,28)17-4-2-16(20)3-5-17/h2-5,14-15H,6-13H2,1H3. The molecular formula is C19H25FN6O2S. The third-order valence-electron chi connectivity index (χ3n) is 5.48. The van der Waals surface area contributed by atoms with Crippen molar-refractivity contribution in [2.75, 3.05) is 69.2 Å². The summed E-state index contributed by atoms with van der Waals surface area (Å²) in [6, 6.07) is 6.94. The third-order valence-corrected chi connectivity index (χ3v) is 7.39. The van der Waals surface area contributed by atoms with E-state index in [9.17, 15) is 12.8 Å². The van der Waals surface area contributed by atoms with Crippen LogP contribution in [0.1, 0.15) is 0 Å². The van der Waals surface area contributed by atoms with Crippen LogP contribution in [0.15, 0.2) is 41.6 Å². The zero-order valence-corrected chi connectivity index (χ0v) is 17.2. The first-order valence-electron chi connectivity index (χ1n) is 9.70. The Kier molecular flexibility index (Phi) is 5.66. The fourth-order valence-electron chi connectivity index (χ4n) is 3.63. The van der Waals surface area contributed by atoms with Crippen LogP contribution >= 0.6 is 0 Å². The molecular weight excluding hydrogens is 395 g/mol. The van der Waals surface area contributed by atoms with E-state index < -0.39 is 15.8 Å². The molecule has 0 N–H and O–H groups in total. The summed E-state index contributed by atoms with van der Waals surface area (Å²) >= 11 is 0. The first-order chi connectivity index (χ1) is 13.9. The van der Waals surface area contributed by atoms with Crippen LogP contribution in [0.5, 0.6) is 0 Å². The van der Waals surface area contributed by atoms with Crippen molar-refractivity contribution in [2.24, 2.45) is 0 Å². The van der Waals surface area contributed by atoms with Crippen molar-refractivity contribution in [3.05, 3.63) is 42.5 Å². The summed E-state index contributed by atoms with van der Waals surface area (Å²) in [5.74, 6) is 1.27. The number of hydrogen-bond acceptors (Lipinski definition) is 7. The molecule has 0 radical (unpaired) electrons. The smallest absolute Gasteiger partial charge is 0.243 e. The monoisotopic (exact) mass is 420 g/mol.